The molecule has 2 rings (SSSR count). The Bertz CT molecular complexity index is 401. The first-order chi connectivity index (χ1) is 9.68. The van der Waals surface area contributed by atoms with Crippen LogP contribution in [-0.4, -0.2) is 34.6 Å². The molecule has 20 heavy (non-hydrogen) atoms. The van der Waals surface area contributed by atoms with Gasteiger partial charge in [0.25, 0.3) is 0 Å². The lowest BCUT2D eigenvalue weighted by atomic mass is 9.92. The van der Waals surface area contributed by atoms with Gasteiger partial charge in [0.15, 0.2) is 0 Å². The van der Waals surface area contributed by atoms with E-state index in [0.29, 0.717) is 0 Å². The van der Waals surface area contributed by atoms with Gasteiger partial charge in [-0.15, -0.1) is 0 Å². The van der Waals surface area contributed by atoms with Crippen LogP contribution in [0.3, 0.4) is 0 Å². The van der Waals surface area contributed by atoms with E-state index >= 15 is 0 Å². The van der Waals surface area contributed by atoms with E-state index in [0.717, 1.165) is 38.1 Å². The summed E-state index contributed by atoms with van der Waals surface area (Å²) in [5.41, 5.74) is 7.72. The number of thioether (sulfide) groups is 1. The van der Waals surface area contributed by atoms with Crippen molar-refractivity contribution in [1.82, 2.24) is 4.90 Å². The first-order valence-corrected chi connectivity index (χ1v) is 8.32. The molecule has 0 aliphatic carbocycles. The minimum absolute atomic E-state index is 0.242. The van der Waals surface area contributed by atoms with Gasteiger partial charge in [-0.25, -0.2) is 0 Å². The Morgan fingerprint density at radius 2 is 2.10 bits per heavy atom. The number of benzene rings is 1. The van der Waals surface area contributed by atoms with Crippen molar-refractivity contribution in [2.75, 3.05) is 18.9 Å². The molecule has 0 saturated carbocycles. The van der Waals surface area contributed by atoms with Crippen molar-refractivity contribution in [3.05, 3.63) is 41.1 Å². The molecular weight excluding hydrogens is 268 g/mol. The summed E-state index contributed by atoms with van der Waals surface area (Å²) in [5, 5.41) is 10.4. The lowest BCUT2D eigenvalue weighted by molar-refractivity contribution is 0.0562. The smallest absolute Gasteiger partial charge is 0.0701 e. The highest BCUT2D eigenvalue weighted by Gasteiger charge is 2.38. The van der Waals surface area contributed by atoms with Crippen molar-refractivity contribution in [3.8, 4) is 0 Å². The monoisotopic (exact) mass is 293 g/mol. The van der Waals surface area contributed by atoms with Crippen LogP contribution in [0.2, 0.25) is 0 Å². The normalized spacial score (nSPS) is 24.9. The summed E-state index contributed by atoms with van der Waals surface area (Å²) in [5.74, 6) is 0.786. The van der Waals surface area contributed by atoms with Crippen molar-refractivity contribution in [1.29, 1.82) is 0 Å². The van der Waals surface area contributed by atoms with Gasteiger partial charge in [0.2, 0.25) is 0 Å². The summed E-state index contributed by atoms with van der Waals surface area (Å²) >= 11 is 1.78. The molecular formula is C16H25N2OS. The predicted molar refractivity (Wildman–Crippen MR) is 86.1 cm³/mol. The van der Waals surface area contributed by atoms with Crippen LogP contribution in [-0.2, 0) is 6.54 Å². The maximum Gasteiger partial charge on any atom is 0.0701 e. The third kappa shape index (κ3) is 3.98. The molecule has 0 bridgehead atoms. The average molecular weight is 293 g/mol. The van der Waals surface area contributed by atoms with E-state index in [2.05, 4.69) is 36.1 Å². The maximum atomic E-state index is 8.96. The van der Waals surface area contributed by atoms with E-state index in [-0.39, 0.29) is 12.3 Å². The summed E-state index contributed by atoms with van der Waals surface area (Å²) in [6, 6.07) is 10.5. The average Bonchev–Trinajstić information content (AvgIpc) is 2.49. The molecule has 1 fully saturated rings. The Hall–Kier alpha value is -0.550. The molecule has 1 aliphatic rings. The molecule has 1 heterocycles. The van der Waals surface area contributed by atoms with Crippen molar-refractivity contribution in [2.24, 2.45) is 5.73 Å². The fraction of sp³-hybridized carbons (Fsp3) is 0.562. The highest BCUT2D eigenvalue weighted by Crippen LogP contribution is 2.39. The second kappa shape index (κ2) is 7.46. The van der Waals surface area contributed by atoms with E-state index in [1.807, 2.05) is 6.07 Å². The van der Waals surface area contributed by atoms with Crippen LogP contribution in [0.25, 0.3) is 0 Å². The third-order valence-corrected chi connectivity index (χ3v) is 5.16. The quantitative estimate of drug-likeness (QED) is 0.846. The number of aliphatic hydroxyl groups is 1. The molecule has 3 nitrogen and oxygen atoms in total. The highest BCUT2D eigenvalue weighted by molar-refractivity contribution is 8.02. The lowest BCUT2D eigenvalue weighted by Crippen LogP contribution is -2.58. The minimum atomic E-state index is -0.244. The van der Waals surface area contributed by atoms with Crippen molar-refractivity contribution >= 4 is 11.8 Å². The fourth-order valence-electron chi connectivity index (χ4n) is 2.73. The van der Waals surface area contributed by atoms with E-state index in [4.69, 9.17) is 10.8 Å². The number of likely N-dealkylation sites (tertiary alicyclic amines) is 1. The number of rotatable bonds is 6. The molecule has 1 aliphatic heterocycles. The second-order valence-corrected chi connectivity index (χ2v) is 6.68. The Morgan fingerprint density at radius 3 is 2.75 bits per heavy atom. The van der Waals surface area contributed by atoms with Crippen molar-refractivity contribution in [2.45, 2.75) is 38.4 Å². The van der Waals surface area contributed by atoms with Gasteiger partial charge in [0, 0.05) is 24.1 Å². The van der Waals surface area contributed by atoms with E-state index < -0.39 is 0 Å². The zero-order valence-electron chi connectivity index (χ0n) is 12.2. The van der Waals surface area contributed by atoms with Crippen molar-refractivity contribution in [3.63, 3.8) is 0 Å². The molecule has 0 spiro atoms. The molecule has 4 heteroatoms. The zero-order valence-corrected chi connectivity index (χ0v) is 13.0. The van der Waals surface area contributed by atoms with Crippen molar-refractivity contribution < 1.29 is 5.11 Å². The van der Waals surface area contributed by atoms with E-state index in [1.54, 1.807) is 11.8 Å². The second-order valence-electron chi connectivity index (χ2n) is 5.40. The summed E-state index contributed by atoms with van der Waals surface area (Å²) in [6.07, 6.45) is 2.96. The van der Waals surface area contributed by atoms with Crippen LogP contribution in [0.4, 0.5) is 0 Å². The Morgan fingerprint density at radius 1 is 1.35 bits per heavy atom. The number of nitrogens with two attached hydrogens (primary N) is 1. The van der Waals surface area contributed by atoms with Crippen LogP contribution in [0, 0.1) is 5.25 Å². The standard InChI is InChI=1S/C16H25N2OS/c1-2-16(17)12-15(20-11-10-19)8-9-18(16)13-14-6-4-3-5-7-14/h3-7,19H,2,8-13,17H2,1H3. The molecule has 1 aromatic rings. The predicted octanol–water partition coefficient (Wildman–Crippen LogP) is 2.60. The van der Waals surface area contributed by atoms with Gasteiger partial charge in [0.05, 0.1) is 12.3 Å². The lowest BCUT2D eigenvalue weighted by Gasteiger charge is -2.46. The molecule has 3 N–H and O–H groups in total. The summed E-state index contributed by atoms with van der Waals surface area (Å²) in [4.78, 5) is 2.41. The Kier molecular flexibility index (Phi) is 5.90. The number of piperidine rings is 1. The zero-order chi connectivity index (χ0) is 14.4. The number of nitrogens with zero attached hydrogens (tertiary/aromatic N) is 1. The Balaban J connectivity index is 1.99. The number of hydrogen-bond acceptors (Lipinski definition) is 4. The topological polar surface area (TPSA) is 49.5 Å². The van der Waals surface area contributed by atoms with Gasteiger partial charge in [-0.2, -0.15) is 11.8 Å². The SMILES string of the molecule is CCC1(N)C[C](SCCO)CCN1Cc1ccccc1. The largest absolute Gasteiger partial charge is 0.396 e. The molecule has 1 aromatic carbocycles. The molecule has 1 radical (unpaired) electrons. The van der Waals surface area contributed by atoms with Crippen LogP contribution < -0.4 is 5.73 Å². The Labute approximate surface area is 126 Å². The summed E-state index contributed by atoms with van der Waals surface area (Å²) < 4.78 is 0. The first-order valence-electron chi connectivity index (χ1n) is 7.34. The van der Waals surface area contributed by atoms with Crippen LogP contribution in [0.5, 0.6) is 0 Å². The number of hydrogen-bond donors (Lipinski definition) is 2. The molecule has 1 atom stereocenters. The van der Waals surface area contributed by atoms with Gasteiger partial charge >= 0.3 is 0 Å². The third-order valence-electron chi connectivity index (χ3n) is 4.02. The first kappa shape index (κ1) is 15.8. The molecule has 0 amide bonds. The highest BCUT2D eigenvalue weighted by atomic mass is 32.2. The molecule has 0 aromatic heterocycles. The molecule has 1 saturated heterocycles. The van der Waals surface area contributed by atoms with Crippen LogP contribution >= 0.6 is 11.8 Å². The van der Waals surface area contributed by atoms with Gasteiger partial charge in [0.1, 0.15) is 0 Å². The van der Waals surface area contributed by atoms with Gasteiger partial charge in [-0.3, -0.25) is 4.90 Å². The number of aliphatic hydroxyl groups excluding tert-OH is 1. The van der Waals surface area contributed by atoms with Crippen LogP contribution in [0.15, 0.2) is 30.3 Å². The van der Waals surface area contributed by atoms with Gasteiger partial charge in [-0.1, -0.05) is 37.3 Å². The molecule has 111 valence electrons. The van der Waals surface area contributed by atoms with E-state index in [1.165, 1.54) is 10.8 Å². The van der Waals surface area contributed by atoms with Crippen LogP contribution in [0.1, 0.15) is 31.7 Å². The summed E-state index contributed by atoms with van der Waals surface area (Å²) in [7, 11) is 0. The van der Waals surface area contributed by atoms with E-state index in [9.17, 15) is 0 Å². The minimum Gasteiger partial charge on any atom is -0.396 e. The fourth-order valence-corrected chi connectivity index (χ4v) is 3.69. The van der Waals surface area contributed by atoms with Gasteiger partial charge < -0.3 is 10.8 Å². The maximum absolute atomic E-state index is 8.96. The molecule has 1 unspecified atom stereocenters. The van der Waals surface area contributed by atoms with Gasteiger partial charge in [-0.05, 0) is 24.8 Å². The summed E-state index contributed by atoms with van der Waals surface area (Å²) in [6.45, 7) is 4.33.